The number of ether oxygens (including phenoxy) is 1. The average Bonchev–Trinajstić information content (AvgIpc) is 2.30. The van der Waals surface area contributed by atoms with Crippen molar-refractivity contribution in [2.45, 2.75) is 0 Å². The molecule has 1 aliphatic rings. The van der Waals surface area contributed by atoms with Crippen molar-refractivity contribution in [1.29, 1.82) is 0 Å². The van der Waals surface area contributed by atoms with Crippen molar-refractivity contribution in [2.24, 2.45) is 0 Å². The van der Waals surface area contributed by atoms with Crippen molar-refractivity contribution in [3.05, 3.63) is 24.3 Å². The number of nitrogens with one attached hydrogen (secondary N) is 1. The zero-order chi connectivity index (χ0) is 9.80. The van der Waals surface area contributed by atoms with Gasteiger partial charge in [0, 0.05) is 13.1 Å². The van der Waals surface area contributed by atoms with E-state index in [0.29, 0.717) is 18.9 Å². The number of nitrogens with zero attached hydrogens (tertiary/aromatic N) is 1. The molecule has 1 heterocycles. The summed E-state index contributed by atoms with van der Waals surface area (Å²) in [6.07, 6.45) is 0. The highest BCUT2D eigenvalue weighted by Gasteiger charge is 2.13. The molecule has 4 heteroatoms. The summed E-state index contributed by atoms with van der Waals surface area (Å²) in [7, 11) is 0. The van der Waals surface area contributed by atoms with Crippen LogP contribution in [0.2, 0.25) is 0 Å². The highest BCUT2D eigenvalue weighted by atomic mass is 19.2. The fourth-order valence-corrected chi connectivity index (χ4v) is 1.63. The van der Waals surface area contributed by atoms with Crippen molar-refractivity contribution < 1.29 is 9.22 Å². The Morgan fingerprint density at radius 3 is 2.64 bits per heavy atom. The Morgan fingerprint density at radius 1 is 1.21 bits per heavy atom. The van der Waals surface area contributed by atoms with Crippen LogP contribution in [-0.2, 0) is 4.74 Å². The van der Waals surface area contributed by atoms with E-state index in [1.165, 1.54) is 0 Å². The number of halogens is 1. The molecule has 0 bridgehead atoms. The third kappa shape index (κ3) is 1.80. The molecule has 0 atom stereocenters. The highest BCUT2D eigenvalue weighted by Crippen LogP contribution is 2.25. The maximum atomic E-state index is 12.4. The minimum atomic E-state index is 0.523. The first-order valence-electron chi connectivity index (χ1n) is 4.70. The molecule has 0 unspecified atom stereocenters. The van der Waals surface area contributed by atoms with E-state index in [1.54, 1.807) is 11.6 Å². The lowest BCUT2D eigenvalue weighted by Crippen LogP contribution is -2.36. The van der Waals surface area contributed by atoms with Gasteiger partial charge in [-0.25, -0.2) is 5.54 Å². The maximum absolute atomic E-state index is 12.4. The highest BCUT2D eigenvalue weighted by molar-refractivity contribution is 5.69. The second-order valence-electron chi connectivity index (χ2n) is 3.21. The van der Waals surface area contributed by atoms with Crippen LogP contribution in [0.5, 0.6) is 0 Å². The first-order chi connectivity index (χ1) is 6.92. The van der Waals surface area contributed by atoms with Gasteiger partial charge in [0.05, 0.1) is 24.6 Å². The maximum Gasteiger partial charge on any atom is 0.0889 e. The van der Waals surface area contributed by atoms with Crippen LogP contribution in [0.15, 0.2) is 24.3 Å². The normalized spacial score (nSPS) is 16.8. The van der Waals surface area contributed by atoms with Crippen molar-refractivity contribution in [3.8, 4) is 0 Å². The monoisotopic (exact) mass is 196 g/mol. The van der Waals surface area contributed by atoms with E-state index in [2.05, 4.69) is 4.90 Å². The Balaban J connectivity index is 2.20. The standard InChI is InChI=1S/C10H13FN2O/c11-12-9-3-1-2-4-10(9)13-5-7-14-8-6-13/h1-4,12H,5-8H2. The van der Waals surface area contributed by atoms with Crippen molar-refractivity contribution >= 4 is 11.4 Å². The molecule has 0 aromatic heterocycles. The van der Waals surface area contributed by atoms with E-state index in [0.717, 1.165) is 18.8 Å². The van der Waals surface area contributed by atoms with Gasteiger partial charge in [0.2, 0.25) is 0 Å². The zero-order valence-electron chi connectivity index (χ0n) is 7.87. The molecule has 3 nitrogen and oxygen atoms in total. The Hall–Kier alpha value is -1.29. The summed E-state index contributed by atoms with van der Waals surface area (Å²) < 4.78 is 17.7. The number of para-hydroxylation sites is 2. The predicted octanol–water partition coefficient (Wildman–Crippen LogP) is 1.82. The van der Waals surface area contributed by atoms with Gasteiger partial charge in [0.1, 0.15) is 0 Å². The number of hydrogen-bond donors (Lipinski definition) is 1. The molecule has 14 heavy (non-hydrogen) atoms. The third-order valence-electron chi connectivity index (χ3n) is 2.36. The second kappa shape index (κ2) is 4.28. The van der Waals surface area contributed by atoms with Crippen molar-refractivity contribution in [2.75, 3.05) is 36.7 Å². The van der Waals surface area contributed by atoms with Gasteiger partial charge in [0.15, 0.2) is 0 Å². The average molecular weight is 196 g/mol. The van der Waals surface area contributed by atoms with E-state index in [-0.39, 0.29) is 0 Å². The molecule has 2 rings (SSSR count). The number of benzene rings is 1. The molecule has 1 saturated heterocycles. The molecule has 1 N–H and O–H groups in total. The van der Waals surface area contributed by atoms with E-state index >= 15 is 0 Å². The molecule has 0 amide bonds. The van der Waals surface area contributed by atoms with Gasteiger partial charge < -0.3 is 9.64 Å². The van der Waals surface area contributed by atoms with Gasteiger partial charge in [-0.2, -0.15) is 0 Å². The van der Waals surface area contributed by atoms with Crippen LogP contribution in [0.3, 0.4) is 0 Å². The lowest BCUT2D eigenvalue weighted by Gasteiger charge is -2.29. The van der Waals surface area contributed by atoms with Crippen LogP contribution in [-0.4, -0.2) is 26.3 Å². The van der Waals surface area contributed by atoms with Gasteiger partial charge >= 0.3 is 0 Å². The fraction of sp³-hybridized carbons (Fsp3) is 0.400. The summed E-state index contributed by atoms with van der Waals surface area (Å²) in [5.41, 5.74) is 3.13. The van der Waals surface area contributed by atoms with E-state index in [1.807, 2.05) is 18.2 Å². The number of hydrogen-bond acceptors (Lipinski definition) is 3. The van der Waals surface area contributed by atoms with E-state index < -0.39 is 0 Å². The Morgan fingerprint density at radius 2 is 1.93 bits per heavy atom. The van der Waals surface area contributed by atoms with Gasteiger partial charge in [-0.15, -0.1) is 4.48 Å². The fourth-order valence-electron chi connectivity index (χ4n) is 1.63. The minimum Gasteiger partial charge on any atom is -0.378 e. The van der Waals surface area contributed by atoms with E-state index in [4.69, 9.17) is 4.74 Å². The topological polar surface area (TPSA) is 24.5 Å². The van der Waals surface area contributed by atoms with Crippen LogP contribution in [0.4, 0.5) is 15.9 Å². The molecule has 1 aromatic carbocycles. The van der Waals surface area contributed by atoms with Crippen LogP contribution in [0.1, 0.15) is 0 Å². The number of rotatable bonds is 2. The summed E-state index contributed by atoms with van der Waals surface area (Å²) in [5, 5.41) is 0. The SMILES string of the molecule is FNc1ccccc1N1CCOCC1. The zero-order valence-corrected chi connectivity index (χ0v) is 7.87. The molecule has 1 aliphatic heterocycles. The lowest BCUT2D eigenvalue weighted by atomic mass is 10.2. The van der Waals surface area contributed by atoms with Crippen molar-refractivity contribution in [3.63, 3.8) is 0 Å². The largest absolute Gasteiger partial charge is 0.378 e. The summed E-state index contributed by atoms with van der Waals surface area (Å²) in [4.78, 5) is 2.12. The summed E-state index contributed by atoms with van der Waals surface area (Å²) >= 11 is 0. The quantitative estimate of drug-likeness (QED) is 0.730. The molecule has 0 spiro atoms. The molecule has 0 radical (unpaired) electrons. The Labute approximate surface area is 82.4 Å². The van der Waals surface area contributed by atoms with Gasteiger partial charge in [-0.05, 0) is 12.1 Å². The molecule has 1 aromatic rings. The summed E-state index contributed by atoms with van der Waals surface area (Å²) in [5.74, 6) is 0. The Kier molecular flexibility index (Phi) is 2.84. The van der Waals surface area contributed by atoms with Gasteiger partial charge in [-0.1, -0.05) is 12.1 Å². The first-order valence-corrected chi connectivity index (χ1v) is 4.70. The van der Waals surface area contributed by atoms with Crippen molar-refractivity contribution in [1.82, 2.24) is 0 Å². The van der Waals surface area contributed by atoms with Crippen LogP contribution < -0.4 is 10.4 Å². The molecule has 0 saturated carbocycles. The number of morpholine rings is 1. The minimum absolute atomic E-state index is 0.523. The Bertz CT molecular complexity index is 300. The van der Waals surface area contributed by atoms with Gasteiger partial charge in [0.25, 0.3) is 0 Å². The van der Waals surface area contributed by atoms with Crippen LogP contribution in [0, 0.1) is 0 Å². The molecule has 76 valence electrons. The first kappa shape index (κ1) is 9.27. The third-order valence-corrected chi connectivity index (χ3v) is 2.36. The van der Waals surface area contributed by atoms with E-state index in [9.17, 15) is 4.48 Å². The predicted molar refractivity (Wildman–Crippen MR) is 54.2 cm³/mol. The van der Waals surface area contributed by atoms with Gasteiger partial charge in [-0.3, -0.25) is 0 Å². The summed E-state index contributed by atoms with van der Waals surface area (Å²) in [6, 6.07) is 7.36. The second-order valence-corrected chi connectivity index (χ2v) is 3.21. The summed E-state index contributed by atoms with van der Waals surface area (Å²) in [6.45, 7) is 3.05. The molecular weight excluding hydrogens is 183 g/mol. The lowest BCUT2D eigenvalue weighted by molar-refractivity contribution is 0.122. The van der Waals surface area contributed by atoms with Crippen LogP contribution in [0.25, 0.3) is 0 Å². The van der Waals surface area contributed by atoms with Crippen LogP contribution >= 0.6 is 0 Å². The molecule has 0 aliphatic carbocycles. The molecule has 1 fully saturated rings. The molecular formula is C10H13FN2O. The number of anilines is 2. The smallest absolute Gasteiger partial charge is 0.0889 e.